The van der Waals surface area contributed by atoms with E-state index in [1.165, 1.54) is 0 Å². The Labute approximate surface area is 152 Å². The van der Waals surface area contributed by atoms with Gasteiger partial charge in [-0.25, -0.2) is 15.0 Å². The van der Waals surface area contributed by atoms with E-state index in [9.17, 15) is 5.11 Å². The van der Waals surface area contributed by atoms with Crippen LogP contribution in [0.3, 0.4) is 0 Å². The molecule has 134 valence electrons. The van der Waals surface area contributed by atoms with Crippen molar-refractivity contribution in [2.24, 2.45) is 0 Å². The van der Waals surface area contributed by atoms with E-state index in [1.54, 1.807) is 13.1 Å². The first-order valence-electron chi connectivity index (χ1n) is 8.86. The van der Waals surface area contributed by atoms with Crippen molar-refractivity contribution in [3.8, 4) is 0 Å². The molecule has 1 aliphatic heterocycles. The van der Waals surface area contributed by atoms with Gasteiger partial charge in [-0.15, -0.1) is 0 Å². The number of rotatable bonds is 3. The van der Waals surface area contributed by atoms with Gasteiger partial charge in [-0.2, -0.15) is 0 Å². The maximum absolute atomic E-state index is 9.71. The number of fused-ring (bicyclic) bond motifs is 1. The number of benzene rings is 1. The molecule has 0 spiro atoms. The number of hydrogen-bond donors (Lipinski definition) is 1. The monoisotopic (exact) mass is 350 g/mol. The van der Waals surface area contributed by atoms with Gasteiger partial charge in [-0.3, -0.25) is 4.98 Å². The van der Waals surface area contributed by atoms with Crippen LogP contribution in [0.1, 0.15) is 25.8 Å². The lowest BCUT2D eigenvalue weighted by molar-refractivity contribution is 0.189. The van der Waals surface area contributed by atoms with Crippen molar-refractivity contribution in [1.82, 2.24) is 19.9 Å². The highest BCUT2D eigenvalue weighted by Crippen LogP contribution is 2.23. The number of nitrogens with zero attached hydrogens (tertiary/aromatic N) is 6. The van der Waals surface area contributed by atoms with Crippen molar-refractivity contribution >= 4 is 22.7 Å². The zero-order chi connectivity index (χ0) is 18.1. The number of para-hydroxylation sites is 2. The van der Waals surface area contributed by atoms with Gasteiger partial charge in [0.15, 0.2) is 5.82 Å². The maximum Gasteiger partial charge on any atom is 0.158 e. The molecular formula is C19H22N6O. The van der Waals surface area contributed by atoms with Gasteiger partial charge in [0.2, 0.25) is 0 Å². The van der Waals surface area contributed by atoms with Crippen molar-refractivity contribution in [1.29, 1.82) is 0 Å². The summed E-state index contributed by atoms with van der Waals surface area (Å²) in [6.07, 6.45) is 2.89. The smallest absolute Gasteiger partial charge is 0.158 e. The van der Waals surface area contributed by atoms with Crippen molar-refractivity contribution in [3.63, 3.8) is 0 Å². The molecule has 0 aliphatic carbocycles. The van der Waals surface area contributed by atoms with Crippen molar-refractivity contribution < 1.29 is 5.11 Å². The Bertz CT molecular complexity index is 915. The number of anilines is 2. The van der Waals surface area contributed by atoms with Crippen LogP contribution in [0.25, 0.3) is 11.0 Å². The Morgan fingerprint density at radius 2 is 1.85 bits per heavy atom. The summed E-state index contributed by atoms with van der Waals surface area (Å²) in [7, 11) is 0. The molecule has 4 rings (SSSR count). The fourth-order valence-corrected chi connectivity index (χ4v) is 3.33. The summed E-state index contributed by atoms with van der Waals surface area (Å²) >= 11 is 0. The molecule has 0 saturated carbocycles. The highest BCUT2D eigenvalue weighted by atomic mass is 16.3. The standard InChI is InChI=1S/C19H22N6O/c1-13-12-24(17-7-8-20-19(23-17)14(2)26)9-10-25(13)18-11-21-15-5-3-4-6-16(15)22-18/h3-8,11,13-14,26H,9-10,12H2,1-2H3/t13-,14-/m1/s1. The molecule has 3 aromatic rings. The molecule has 7 nitrogen and oxygen atoms in total. The van der Waals surface area contributed by atoms with Crippen LogP contribution in [0, 0.1) is 0 Å². The van der Waals surface area contributed by atoms with Crippen LogP contribution in [-0.2, 0) is 0 Å². The summed E-state index contributed by atoms with van der Waals surface area (Å²) in [5, 5.41) is 9.71. The summed E-state index contributed by atoms with van der Waals surface area (Å²) < 4.78 is 0. The van der Waals surface area contributed by atoms with Crippen LogP contribution in [0.5, 0.6) is 0 Å². The van der Waals surface area contributed by atoms with Crippen molar-refractivity contribution in [2.75, 3.05) is 29.4 Å². The second-order valence-corrected chi connectivity index (χ2v) is 6.65. The number of hydrogen-bond acceptors (Lipinski definition) is 7. The van der Waals surface area contributed by atoms with Crippen LogP contribution in [0.2, 0.25) is 0 Å². The van der Waals surface area contributed by atoms with Gasteiger partial charge in [-0.05, 0) is 32.0 Å². The van der Waals surface area contributed by atoms with E-state index in [0.29, 0.717) is 5.82 Å². The third-order valence-corrected chi connectivity index (χ3v) is 4.71. The Kier molecular flexibility index (Phi) is 4.38. The van der Waals surface area contributed by atoms with Crippen molar-refractivity contribution in [3.05, 3.63) is 48.5 Å². The van der Waals surface area contributed by atoms with Gasteiger partial charge in [-0.1, -0.05) is 12.1 Å². The Balaban J connectivity index is 1.53. The first-order chi connectivity index (χ1) is 12.6. The molecule has 0 unspecified atom stereocenters. The SMILES string of the molecule is C[C@@H]1CN(c2ccnc([C@@H](C)O)n2)CCN1c1cnc2ccccc2n1. The molecule has 0 radical (unpaired) electrons. The van der Waals surface area contributed by atoms with Crippen LogP contribution >= 0.6 is 0 Å². The third-order valence-electron chi connectivity index (χ3n) is 4.71. The van der Waals surface area contributed by atoms with Gasteiger partial charge in [0.05, 0.1) is 17.2 Å². The summed E-state index contributed by atoms with van der Waals surface area (Å²) in [6, 6.07) is 10.1. The first-order valence-corrected chi connectivity index (χ1v) is 8.86. The van der Waals surface area contributed by atoms with Gasteiger partial charge >= 0.3 is 0 Å². The van der Waals surface area contributed by atoms with Crippen LogP contribution in [-0.4, -0.2) is 50.7 Å². The van der Waals surface area contributed by atoms with E-state index in [-0.39, 0.29) is 6.04 Å². The highest BCUT2D eigenvalue weighted by molar-refractivity contribution is 5.75. The second kappa shape index (κ2) is 6.84. The minimum Gasteiger partial charge on any atom is -0.385 e. The molecule has 1 fully saturated rings. The molecule has 1 aromatic carbocycles. The van der Waals surface area contributed by atoms with Gasteiger partial charge in [0, 0.05) is 31.9 Å². The Morgan fingerprint density at radius 1 is 1.04 bits per heavy atom. The van der Waals surface area contributed by atoms with Gasteiger partial charge < -0.3 is 14.9 Å². The summed E-state index contributed by atoms with van der Waals surface area (Å²) in [4.78, 5) is 22.4. The van der Waals surface area contributed by atoms with Crippen LogP contribution in [0.15, 0.2) is 42.7 Å². The zero-order valence-electron chi connectivity index (χ0n) is 14.9. The lowest BCUT2D eigenvalue weighted by Gasteiger charge is -2.41. The lowest BCUT2D eigenvalue weighted by atomic mass is 10.2. The average molecular weight is 350 g/mol. The highest BCUT2D eigenvalue weighted by Gasteiger charge is 2.26. The molecule has 26 heavy (non-hydrogen) atoms. The largest absolute Gasteiger partial charge is 0.385 e. The minimum atomic E-state index is -0.665. The molecule has 7 heteroatoms. The predicted octanol–water partition coefficient (Wildman–Crippen LogP) is 2.19. The fraction of sp³-hybridized carbons (Fsp3) is 0.368. The second-order valence-electron chi connectivity index (χ2n) is 6.65. The van der Waals surface area contributed by atoms with E-state index in [1.807, 2.05) is 36.5 Å². The first kappa shape index (κ1) is 16.7. The molecular weight excluding hydrogens is 328 g/mol. The number of aliphatic hydroxyl groups excluding tert-OH is 1. The van der Waals surface area contributed by atoms with Gasteiger partial charge in [0.1, 0.15) is 17.7 Å². The van der Waals surface area contributed by atoms with Crippen molar-refractivity contribution in [2.45, 2.75) is 26.0 Å². The Morgan fingerprint density at radius 3 is 2.62 bits per heavy atom. The van der Waals surface area contributed by atoms with E-state index in [0.717, 1.165) is 42.3 Å². The maximum atomic E-state index is 9.71. The summed E-state index contributed by atoms with van der Waals surface area (Å²) in [5.41, 5.74) is 1.83. The summed E-state index contributed by atoms with van der Waals surface area (Å²) in [6.45, 7) is 6.35. The molecule has 0 amide bonds. The molecule has 1 N–H and O–H groups in total. The Hall–Kier alpha value is -2.80. The molecule has 2 aromatic heterocycles. The van der Waals surface area contributed by atoms with Crippen LogP contribution < -0.4 is 9.80 Å². The molecule has 3 heterocycles. The third kappa shape index (κ3) is 3.17. The number of piperazine rings is 1. The lowest BCUT2D eigenvalue weighted by Crippen LogP contribution is -2.52. The number of aliphatic hydroxyl groups is 1. The predicted molar refractivity (Wildman–Crippen MR) is 101 cm³/mol. The van der Waals surface area contributed by atoms with Crippen LogP contribution in [0.4, 0.5) is 11.6 Å². The zero-order valence-corrected chi connectivity index (χ0v) is 14.9. The average Bonchev–Trinajstić information content (AvgIpc) is 2.67. The fourth-order valence-electron chi connectivity index (χ4n) is 3.33. The topological polar surface area (TPSA) is 78.3 Å². The molecule has 2 atom stereocenters. The normalized spacial score (nSPS) is 19.0. The van der Waals surface area contributed by atoms with E-state index in [4.69, 9.17) is 4.98 Å². The molecule has 0 bridgehead atoms. The quantitative estimate of drug-likeness (QED) is 0.776. The van der Waals surface area contributed by atoms with E-state index < -0.39 is 6.10 Å². The summed E-state index contributed by atoms with van der Waals surface area (Å²) in [5.74, 6) is 2.22. The molecule has 1 saturated heterocycles. The van der Waals surface area contributed by atoms with E-state index in [2.05, 4.69) is 31.7 Å². The number of aromatic nitrogens is 4. The minimum absolute atomic E-state index is 0.268. The van der Waals surface area contributed by atoms with E-state index >= 15 is 0 Å². The molecule has 1 aliphatic rings. The van der Waals surface area contributed by atoms with Gasteiger partial charge in [0.25, 0.3) is 0 Å².